The van der Waals surface area contributed by atoms with Crippen molar-refractivity contribution in [2.75, 3.05) is 0 Å². The fourth-order valence-corrected chi connectivity index (χ4v) is 1.26. The summed E-state index contributed by atoms with van der Waals surface area (Å²) in [5.41, 5.74) is 0.713. The van der Waals surface area contributed by atoms with Gasteiger partial charge in [-0.25, -0.2) is 0 Å². The van der Waals surface area contributed by atoms with Crippen LogP contribution in [0.15, 0.2) is 30.3 Å². The lowest BCUT2D eigenvalue weighted by molar-refractivity contribution is -0.104. The number of carbonyl (C=O) groups excluding carboxylic acids is 1. The zero-order valence-corrected chi connectivity index (χ0v) is 8.35. The summed E-state index contributed by atoms with van der Waals surface area (Å²) in [6.45, 7) is 0. The summed E-state index contributed by atoms with van der Waals surface area (Å²) in [5, 5.41) is 0. The number of rotatable bonds is 4. The quantitative estimate of drug-likeness (QED) is 0.474. The van der Waals surface area contributed by atoms with E-state index in [0.717, 1.165) is 0 Å². The van der Waals surface area contributed by atoms with Gasteiger partial charge in [-0.2, -0.15) is 8.42 Å². The van der Waals surface area contributed by atoms with Crippen molar-refractivity contribution in [3.05, 3.63) is 35.9 Å². The second-order valence-corrected chi connectivity index (χ2v) is 3.60. The Morgan fingerprint density at radius 2 is 1.80 bits per heavy atom. The molecular weight excluding hydrogens is 220 g/mol. The third kappa shape index (κ3) is 4.39. The highest BCUT2D eigenvalue weighted by atomic mass is 32.3. The first-order valence-electron chi connectivity index (χ1n) is 3.90. The lowest BCUT2D eigenvalue weighted by Crippen LogP contribution is -2.06. The van der Waals surface area contributed by atoms with Crippen LogP contribution in [0.25, 0.3) is 6.08 Å². The van der Waals surface area contributed by atoms with Gasteiger partial charge in [0.1, 0.15) is 12.0 Å². The van der Waals surface area contributed by atoms with Gasteiger partial charge in [-0.1, -0.05) is 18.2 Å². The van der Waals surface area contributed by atoms with Crippen LogP contribution in [0.1, 0.15) is 5.56 Å². The van der Waals surface area contributed by atoms with Gasteiger partial charge < -0.3 is 4.18 Å². The van der Waals surface area contributed by atoms with Gasteiger partial charge in [0, 0.05) is 0 Å². The third-order valence-corrected chi connectivity index (χ3v) is 1.85. The molecule has 1 N–H and O–H groups in total. The Morgan fingerprint density at radius 1 is 1.20 bits per heavy atom. The van der Waals surface area contributed by atoms with Crippen molar-refractivity contribution >= 4 is 22.8 Å². The van der Waals surface area contributed by atoms with Crippen molar-refractivity contribution in [1.82, 2.24) is 0 Å². The van der Waals surface area contributed by atoms with Gasteiger partial charge in [0.05, 0.1) is 0 Å². The first-order chi connectivity index (χ1) is 7.01. The van der Waals surface area contributed by atoms with Gasteiger partial charge in [0.25, 0.3) is 0 Å². The van der Waals surface area contributed by atoms with E-state index >= 15 is 0 Å². The summed E-state index contributed by atoms with van der Waals surface area (Å²) in [6.07, 6.45) is 3.48. The van der Waals surface area contributed by atoms with Crippen molar-refractivity contribution < 1.29 is 21.9 Å². The predicted molar refractivity (Wildman–Crippen MR) is 53.7 cm³/mol. The minimum absolute atomic E-state index is 0.000697. The summed E-state index contributed by atoms with van der Waals surface area (Å²) in [6, 6.07) is 5.80. The van der Waals surface area contributed by atoms with Crippen LogP contribution in [0, 0.1) is 0 Å². The molecule has 0 aliphatic rings. The largest absolute Gasteiger partial charge is 0.446 e. The molecule has 0 saturated carbocycles. The number of hydrogen-bond acceptors (Lipinski definition) is 4. The van der Waals surface area contributed by atoms with Crippen LogP contribution < -0.4 is 4.18 Å². The van der Waals surface area contributed by atoms with E-state index in [2.05, 4.69) is 4.18 Å². The molecule has 1 aromatic rings. The molecule has 0 heterocycles. The molecule has 0 aromatic heterocycles. The van der Waals surface area contributed by atoms with E-state index < -0.39 is 10.4 Å². The van der Waals surface area contributed by atoms with Crippen LogP contribution in [-0.2, 0) is 15.2 Å². The van der Waals surface area contributed by atoms with Crippen LogP contribution in [0.3, 0.4) is 0 Å². The minimum atomic E-state index is -4.48. The molecular formula is C9H8O5S. The molecule has 5 nitrogen and oxygen atoms in total. The van der Waals surface area contributed by atoms with Gasteiger partial charge in [-0.05, 0) is 23.8 Å². The Morgan fingerprint density at radius 3 is 2.27 bits per heavy atom. The molecule has 0 aliphatic carbocycles. The zero-order chi connectivity index (χ0) is 11.3. The molecule has 1 rings (SSSR count). The Hall–Kier alpha value is -1.66. The highest BCUT2D eigenvalue weighted by Crippen LogP contribution is 2.14. The van der Waals surface area contributed by atoms with Gasteiger partial charge >= 0.3 is 10.4 Å². The number of carbonyl (C=O) groups is 1. The summed E-state index contributed by atoms with van der Waals surface area (Å²) in [7, 11) is -4.48. The Bertz CT molecular complexity index is 458. The number of hydrogen-bond donors (Lipinski definition) is 1. The summed E-state index contributed by atoms with van der Waals surface area (Å²) >= 11 is 0. The monoisotopic (exact) mass is 228 g/mol. The molecule has 15 heavy (non-hydrogen) atoms. The molecule has 0 amide bonds. The van der Waals surface area contributed by atoms with E-state index in [0.29, 0.717) is 11.8 Å². The standard InChI is InChI=1S/C9H8O5S/c10-7-1-2-8-3-5-9(6-4-8)14-15(11,12)13/h1-7H,(H,11,12,13)/b2-1+. The molecule has 0 bridgehead atoms. The maximum Gasteiger partial charge on any atom is 0.446 e. The molecule has 0 aliphatic heterocycles. The van der Waals surface area contributed by atoms with E-state index in [1.165, 1.54) is 18.2 Å². The Balaban J connectivity index is 2.81. The van der Waals surface area contributed by atoms with Crippen molar-refractivity contribution in [1.29, 1.82) is 0 Å². The van der Waals surface area contributed by atoms with Crippen LogP contribution in [0.2, 0.25) is 0 Å². The van der Waals surface area contributed by atoms with E-state index in [1.54, 1.807) is 18.2 Å². The third-order valence-electron chi connectivity index (χ3n) is 1.45. The Kier molecular flexibility index (Phi) is 3.59. The van der Waals surface area contributed by atoms with Crippen molar-refractivity contribution in [2.24, 2.45) is 0 Å². The normalized spacial score (nSPS) is 11.5. The lowest BCUT2D eigenvalue weighted by atomic mass is 10.2. The van der Waals surface area contributed by atoms with Crippen LogP contribution in [0.5, 0.6) is 5.75 Å². The zero-order valence-electron chi connectivity index (χ0n) is 7.53. The lowest BCUT2D eigenvalue weighted by Gasteiger charge is -2.00. The molecule has 0 saturated heterocycles. The minimum Gasteiger partial charge on any atom is -0.362 e. The number of allylic oxidation sites excluding steroid dienone is 1. The van der Waals surface area contributed by atoms with Gasteiger partial charge in [-0.3, -0.25) is 9.35 Å². The smallest absolute Gasteiger partial charge is 0.362 e. The molecule has 0 unspecified atom stereocenters. The summed E-state index contributed by atoms with van der Waals surface area (Å²) in [4.78, 5) is 10.0. The average Bonchev–Trinajstić information content (AvgIpc) is 2.14. The first-order valence-corrected chi connectivity index (χ1v) is 5.26. The molecule has 6 heteroatoms. The highest BCUT2D eigenvalue weighted by molar-refractivity contribution is 7.81. The number of aldehydes is 1. The molecule has 0 spiro atoms. The van der Waals surface area contributed by atoms with Gasteiger partial charge in [0.2, 0.25) is 0 Å². The summed E-state index contributed by atoms with van der Waals surface area (Å²) in [5.74, 6) is 0.000697. The second kappa shape index (κ2) is 4.72. The topological polar surface area (TPSA) is 80.7 Å². The first kappa shape index (κ1) is 11.4. The Labute approximate surface area is 86.9 Å². The van der Waals surface area contributed by atoms with E-state index in [-0.39, 0.29) is 5.75 Å². The van der Waals surface area contributed by atoms with Crippen molar-refractivity contribution in [3.8, 4) is 5.75 Å². The van der Waals surface area contributed by atoms with Gasteiger partial charge in [0.15, 0.2) is 0 Å². The predicted octanol–water partition coefficient (Wildman–Crippen LogP) is 1.08. The van der Waals surface area contributed by atoms with Crippen molar-refractivity contribution in [3.63, 3.8) is 0 Å². The molecule has 0 atom stereocenters. The van der Waals surface area contributed by atoms with Gasteiger partial charge in [-0.15, -0.1) is 0 Å². The van der Waals surface area contributed by atoms with E-state index in [1.807, 2.05) is 0 Å². The van der Waals surface area contributed by atoms with E-state index in [4.69, 9.17) is 4.55 Å². The van der Waals surface area contributed by atoms with Crippen LogP contribution in [-0.4, -0.2) is 19.3 Å². The molecule has 0 radical (unpaired) electrons. The van der Waals surface area contributed by atoms with Crippen LogP contribution in [0.4, 0.5) is 0 Å². The maximum absolute atomic E-state index is 10.3. The average molecular weight is 228 g/mol. The van der Waals surface area contributed by atoms with Crippen molar-refractivity contribution in [2.45, 2.75) is 0 Å². The fourth-order valence-electron chi connectivity index (χ4n) is 0.906. The highest BCUT2D eigenvalue weighted by Gasteiger charge is 2.05. The molecule has 1 aromatic carbocycles. The summed E-state index contributed by atoms with van der Waals surface area (Å²) < 4.78 is 33.2. The van der Waals surface area contributed by atoms with Crippen LogP contribution >= 0.6 is 0 Å². The maximum atomic E-state index is 10.3. The number of benzene rings is 1. The second-order valence-electron chi connectivity index (χ2n) is 2.58. The van der Waals surface area contributed by atoms with E-state index in [9.17, 15) is 13.2 Å². The molecule has 80 valence electrons. The SMILES string of the molecule is O=C/C=C/c1ccc(OS(=O)(=O)O)cc1. The fraction of sp³-hybridized carbons (Fsp3) is 0. The molecule has 0 fully saturated rings.